The van der Waals surface area contributed by atoms with Gasteiger partial charge in [0.1, 0.15) is 0 Å². The number of fused-ring (bicyclic) bond motifs is 6. The van der Waals surface area contributed by atoms with E-state index in [9.17, 15) is 0 Å². The van der Waals surface area contributed by atoms with E-state index in [0.717, 1.165) is 11.4 Å². The Morgan fingerprint density at radius 3 is 2.05 bits per heavy atom. The number of nitrogens with zero attached hydrogens (tertiary/aromatic N) is 1. The highest BCUT2D eigenvalue weighted by Crippen LogP contribution is 2.44. The molecule has 40 heavy (non-hydrogen) atoms. The quantitative estimate of drug-likeness (QED) is 0.220. The van der Waals surface area contributed by atoms with Gasteiger partial charge in [-0.15, -0.1) is 11.3 Å². The molecule has 1 nitrogen and oxygen atoms in total. The van der Waals surface area contributed by atoms with Crippen molar-refractivity contribution >= 4 is 70.1 Å². The zero-order valence-electron chi connectivity index (χ0n) is 21.8. The van der Waals surface area contributed by atoms with Crippen molar-refractivity contribution in [2.24, 2.45) is 0 Å². The lowest BCUT2D eigenvalue weighted by Gasteiger charge is -2.27. The summed E-state index contributed by atoms with van der Waals surface area (Å²) in [5.41, 5.74) is 5.93. The van der Waals surface area contributed by atoms with Crippen LogP contribution in [0, 0.1) is 0 Å². The monoisotopic (exact) mass is 527 g/mol. The summed E-state index contributed by atoms with van der Waals surface area (Å²) in [6.07, 6.45) is 0. The van der Waals surface area contributed by atoms with Gasteiger partial charge in [-0.05, 0) is 69.8 Å². The first kappa shape index (κ1) is 23.0. The molecule has 0 saturated heterocycles. The predicted octanol–water partition coefficient (Wildman–Crippen LogP) is 11.5. The Bertz CT molecular complexity index is 2170. The first-order chi connectivity index (χ1) is 19.8. The average Bonchev–Trinajstić information content (AvgIpc) is 3.41. The van der Waals surface area contributed by atoms with Gasteiger partial charge in [0.15, 0.2) is 0 Å². The van der Waals surface area contributed by atoms with E-state index in [1.807, 2.05) is 11.3 Å². The number of hydrogen-bond donors (Lipinski definition) is 0. The number of rotatable bonds is 4. The van der Waals surface area contributed by atoms with Crippen molar-refractivity contribution in [3.05, 3.63) is 152 Å². The molecular formula is C38H25NS. The smallest absolute Gasteiger partial charge is 0.0540 e. The molecular weight excluding hydrogens is 502 g/mol. The van der Waals surface area contributed by atoms with Gasteiger partial charge in [0.05, 0.1) is 5.69 Å². The van der Waals surface area contributed by atoms with Gasteiger partial charge in [-0.1, -0.05) is 109 Å². The van der Waals surface area contributed by atoms with Crippen LogP contribution in [0.2, 0.25) is 0 Å². The lowest BCUT2D eigenvalue weighted by molar-refractivity contribution is 1.30. The molecule has 0 saturated carbocycles. The highest BCUT2D eigenvalue weighted by atomic mass is 32.1. The van der Waals surface area contributed by atoms with Crippen LogP contribution in [-0.4, -0.2) is 0 Å². The van der Waals surface area contributed by atoms with Crippen molar-refractivity contribution in [1.82, 2.24) is 0 Å². The summed E-state index contributed by atoms with van der Waals surface area (Å²) in [6, 6.07) is 54.9. The van der Waals surface area contributed by atoms with E-state index >= 15 is 0 Å². The largest absolute Gasteiger partial charge is 0.310 e. The molecule has 0 amide bonds. The fourth-order valence-corrected chi connectivity index (χ4v) is 7.17. The van der Waals surface area contributed by atoms with Gasteiger partial charge < -0.3 is 4.90 Å². The zero-order valence-corrected chi connectivity index (χ0v) is 22.6. The Morgan fingerprint density at radius 2 is 1.12 bits per heavy atom. The zero-order chi connectivity index (χ0) is 26.5. The van der Waals surface area contributed by atoms with Crippen molar-refractivity contribution in [1.29, 1.82) is 0 Å². The van der Waals surface area contributed by atoms with Crippen molar-refractivity contribution < 1.29 is 0 Å². The highest BCUT2D eigenvalue weighted by Gasteiger charge is 2.17. The lowest BCUT2D eigenvalue weighted by Crippen LogP contribution is -2.10. The fraction of sp³-hybridized carbons (Fsp3) is 0. The maximum Gasteiger partial charge on any atom is 0.0540 e. The predicted molar refractivity (Wildman–Crippen MR) is 174 cm³/mol. The third kappa shape index (κ3) is 3.69. The van der Waals surface area contributed by atoms with Gasteiger partial charge in [0, 0.05) is 36.9 Å². The number of hydrogen-bond acceptors (Lipinski definition) is 2. The van der Waals surface area contributed by atoms with Crippen LogP contribution in [0.25, 0.3) is 52.8 Å². The van der Waals surface area contributed by atoms with Gasteiger partial charge in [0.25, 0.3) is 0 Å². The van der Waals surface area contributed by atoms with E-state index in [4.69, 9.17) is 0 Å². The molecule has 8 rings (SSSR count). The van der Waals surface area contributed by atoms with Crippen LogP contribution in [0.3, 0.4) is 0 Å². The third-order valence-electron chi connectivity index (χ3n) is 7.82. The molecule has 2 heteroatoms. The van der Waals surface area contributed by atoms with Crippen LogP contribution < -0.4 is 4.90 Å². The van der Waals surface area contributed by atoms with E-state index in [0.29, 0.717) is 0 Å². The molecule has 8 aromatic rings. The van der Waals surface area contributed by atoms with Crippen molar-refractivity contribution in [3.63, 3.8) is 0 Å². The summed E-state index contributed by atoms with van der Waals surface area (Å²) >= 11 is 1.88. The molecule has 0 bridgehead atoms. The molecule has 0 aliphatic heterocycles. The average molecular weight is 528 g/mol. The Morgan fingerprint density at radius 1 is 0.425 bits per heavy atom. The molecule has 0 unspecified atom stereocenters. The molecule has 0 radical (unpaired) electrons. The number of thiophene rings is 1. The molecule has 0 atom stereocenters. The van der Waals surface area contributed by atoms with E-state index in [1.165, 1.54) is 58.5 Å². The number of benzene rings is 7. The summed E-state index contributed by atoms with van der Waals surface area (Å²) < 4.78 is 2.67. The summed E-state index contributed by atoms with van der Waals surface area (Å²) in [5, 5.41) is 7.75. The van der Waals surface area contributed by atoms with Crippen LogP contribution in [0.4, 0.5) is 17.1 Å². The van der Waals surface area contributed by atoms with Gasteiger partial charge in [-0.3, -0.25) is 0 Å². The maximum atomic E-state index is 2.38. The van der Waals surface area contributed by atoms with Gasteiger partial charge in [0.2, 0.25) is 0 Å². The Balaban J connectivity index is 1.39. The topological polar surface area (TPSA) is 3.24 Å². The SMILES string of the molecule is c1ccc(N(c2cccc(-c3cccc4ccc5sc6ccccc6c5c34)c2)c2cccc3ccccc23)cc1. The normalized spacial score (nSPS) is 11.5. The summed E-state index contributed by atoms with van der Waals surface area (Å²) in [7, 11) is 0. The molecule has 0 aliphatic rings. The third-order valence-corrected chi connectivity index (χ3v) is 8.96. The molecule has 188 valence electrons. The standard InChI is InChI=1S/C38H25NS/c1-2-15-29(16-3-1)39(34-21-10-12-26-11-4-5-18-31(26)34)30-17-8-14-28(25-30)32-20-9-13-27-23-24-36-38(37(27)32)33-19-6-7-22-35(33)40-36/h1-25H. The van der Waals surface area contributed by atoms with Crippen molar-refractivity contribution in [3.8, 4) is 11.1 Å². The summed E-state index contributed by atoms with van der Waals surface area (Å²) in [5.74, 6) is 0. The molecule has 1 aromatic heterocycles. The van der Waals surface area contributed by atoms with E-state index in [-0.39, 0.29) is 0 Å². The number of anilines is 3. The molecule has 0 spiro atoms. The van der Waals surface area contributed by atoms with Crippen molar-refractivity contribution in [2.45, 2.75) is 0 Å². The minimum atomic E-state index is 1.14. The van der Waals surface area contributed by atoms with Gasteiger partial charge >= 0.3 is 0 Å². The highest BCUT2D eigenvalue weighted by molar-refractivity contribution is 7.26. The first-order valence-electron chi connectivity index (χ1n) is 13.6. The van der Waals surface area contributed by atoms with E-state index in [1.54, 1.807) is 0 Å². The molecule has 7 aromatic carbocycles. The van der Waals surface area contributed by atoms with Crippen molar-refractivity contribution in [2.75, 3.05) is 4.90 Å². The minimum absolute atomic E-state index is 1.14. The fourth-order valence-electron chi connectivity index (χ4n) is 6.05. The first-order valence-corrected chi connectivity index (χ1v) is 14.4. The van der Waals surface area contributed by atoms with Crippen LogP contribution in [-0.2, 0) is 0 Å². The van der Waals surface area contributed by atoms with Gasteiger partial charge in [-0.25, -0.2) is 0 Å². The van der Waals surface area contributed by atoms with E-state index < -0.39 is 0 Å². The molecule has 0 N–H and O–H groups in total. The second kappa shape index (κ2) is 9.37. The second-order valence-electron chi connectivity index (χ2n) is 10.2. The van der Waals surface area contributed by atoms with Crippen LogP contribution in [0.15, 0.2) is 152 Å². The van der Waals surface area contributed by atoms with Crippen LogP contribution >= 0.6 is 11.3 Å². The van der Waals surface area contributed by atoms with Crippen LogP contribution in [0.1, 0.15) is 0 Å². The molecule has 1 heterocycles. The molecule has 0 aliphatic carbocycles. The summed E-state index contributed by atoms with van der Waals surface area (Å²) in [4.78, 5) is 2.38. The lowest BCUT2D eigenvalue weighted by atomic mass is 9.94. The van der Waals surface area contributed by atoms with Crippen LogP contribution in [0.5, 0.6) is 0 Å². The Kier molecular flexibility index (Phi) is 5.39. The Labute approximate surface area is 237 Å². The van der Waals surface area contributed by atoms with E-state index in [2.05, 4.69) is 157 Å². The molecule has 0 fully saturated rings. The number of para-hydroxylation sites is 1. The Hall–Kier alpha value is -4.92. The minimum Gasteiger partial charge on any atom is -0.310 e. The van der Waals surface area contributed by atoms with Gasteiger partial charge in [-0.2, -0.15) is 0 Å². The second-order valence-corrected chi connectivity index (χ2v) is 11.2. The summed E-state index contributed by atoms with van der Waals surface area (Å²) in [6.45, 7) is 0. The maximum absolute atomic E-state index is 2.38.